The molecule has 1 atom stereocenters. The summed E-state index contributed by atoms with van der Waals surface area (Å²) < 4.78 is 10.7. The summed E-state index contributed by atoms with van der Waals surface area (Å²) >= 11 is 9.03. The van der Waals surface area contributed by atoms with Crippen molar-refractivity contribution < 1.29 is 14.3 Å². The number of aromatic nitrogens is 1. The number of nitrogens with zero attached hydrogens (tertiary/aromatic N) is 1. The molecule has 1 heterocycles. The van der Waals surface area contributed by atoms with Gasteiger partial charge in [-0.2, -0.15) is 0 Å². The Morgan fingerprint density at radius 2 is 2.44 bits per heavy atom. The number of primary amides is 1. The zero-order valence-corrected chi connectivity index (χ0v) is 10.8. The van der Waals surface area contributed by atoms with Crippen LogP contribution in [0.3, 0.4) is 0 Å². The minimum Gasteiger partial charge on any atom is -0.486 e. The molecule has 2 N–H and O–H groups in total. The lowest BCUT2D eigenvalue weighted by Gasteiger charge is -2.13. The minimum atomic E-state index is -0.838. The number of halogens is 2. The Labute approximate surface area is 106 Å². The van der Waals surface area contributed by atoms with Gasteiger partial charge in [0, 0.05) is 10.7 Å². The summed E-state index contributed by atoms with van der Waals surface area (Å²) in [6.45, 7) is 1.81. The SMILES string of the molecule is CC(COc1cc(Br)cnc1Cl)OC(N)=O. The van der Waals surface area contributed by atoms with Crippen molar-refractivity contribution in [1.82, 2.24) is 4.98 Å². The van der Waals surface area contributed by atoms with Crippen LogP contribution >= 0.6 is 27.5 Å². The first-order chi connectivity index (χ1) is 7.49. The molecule has 0 spiro atoms. The smallest absolute Gasteiger partial charge is 0.404 e. The second kappa shape index (κ2) is 5.91. The van der Waals surface area contributed by atoms with Crippen molar-refractivity contribution >= 4 is 33.6 Å². The second-order valence-electron chi connectivity index (χ2n) is 3.00. The Morgan fingerprint density at radius 3 is 3.06 bits per heavy atom. The number of ether oxygens (including phenoxy) is 2. The van der Waals surface area contributed by atoms with Gasteiger partial charge in [-0.05, 0) is 28.9 Å². The van der Waals surface area contributed by atoms with Crippen LogP contribution < -0.4 is 10.5 Å². The molecule has 0 saturated heterocycles. The van der Waals surface area contributed by atoms with E-state index >= 15 is 0 Å². The van der Waals surface area contributed by atoms with Gasteiger partial charge in [-0.25, -0.2) is 9.78 Å². The summed E-state index contributed by atoms with van der Waals surface area (Å²) in [6, 6.07) is 1.67. The molecule has 0 saturated carbocycles. The maximum Gasteiger partial charge on any atom is 0.404 e. The molecule has 0 radical (unpaired) electrons. The van der Waals surface area contributed by atoms with E-state index in [2.05, 4.69) is 25.7 Å². The van der Waals surface area contributed by atoms with Gasteiger partial charge >= 0.3 is 6.09 Å². The molecule has 1 unspecified atom stereocenters. The first-order valence-electron chi connectivity index (χ1n) is 4.39. The van der Waals surface area contributed by atoms with Crippen LogP contribution in [0.15, 0.2) is 16.7 Å². The Morgan fingerprint density at radius 1 is 1.75 bits per heavy atom. The number of amides is 1. The molecule has 0 aliphatic rings. The number of hydrogen-bond donors (Lipinski definition) is 1. The van der Waals surface area contributed by atoms with Crippen molar-refractivity contribution in [1.29, 1.82) is 0 Å². The summed E-state index contributed by atoms with van der Waals surface area (Å²) in [5, 5.41) is 0.245. The lowest BCUT2D eigenvalue weighted by Crippen LogP contribution is -2.25. The number of pyridine rings is 1. The van der Waals surface area contributed by atoms with Crippen LogP contribution in [0.4, 0.5) is 4.79 Å². The van der Waals surface area contributed by atoms with Gasteiger partial charge in [0.1, 0.15) is 12.7 Å². The third-order valence-corrected chi connectivity index (χ3v) is 2.28. The molecule has 1 aromatic heterocycles. The molecule has 0 aliphatic carbocycles. The number of carbonyl (C=O) groups is 1. The molecular weight excluding hydrogens is 299 g/mol. The van der Waals surface area contributed by atoms with Gasteiger partial charge in [-0.1, -0.05) is 11.6 Å². The largest absolute Gasteiger partial charge is 0.486 e. The Hall–Kier alpha value is -1.01. The zero-order valence-electron chi connectivity index (χ0n) is 8.44. The van der Waals surface area contributed by atoms with Crippen LogP contribution in [-0.2, 0) is 4.74 Å². The average molecular weight is 310 g/mol. The lowest BCUT2D eigenvalue weighted by atomic mass is 10.4. The fourth-order valence-electron chi connectivity index (χ4n) is 0.945. The number of hydrogen-bond acceptors (Lipinski definition) is 4. The van der Waals surface area contributed by atoms with Gasteiger partial charge in [0.15, 0.2) is 10.9 Å². The average Bonchev–Trinajstić information content (AvgIpc) is 2.18. The molecule has 7 heteroatoms. The highest BCUT2D eigenvalue weighted by Crippen LogP contribution is 2.25. The fraction of sp³-hybridized carbons (Fsp3) is 0.333. The van der Waals surface area contributed by atoms with E-state index in [0.717, 1.165) is 4.47 Å². The van der Waals surface area contributed by atoms with E-state index in [1.54, 1.807) is 19.2 Å². The van der Waals surface area contributed by atoms with E-state index in [1.165, 1.54) is 0 Å². The maximum atomic E-state index is 10.4. The van der Waals surface area contributed by atoms with Gasteiger partial charge in [0.05, 0.1) is 0 Å². The normalized spacial score (nSPS) is 11.9. The van der Waals surface area contributed by atoms with Gasteiger partial charge in [0.25, 0.3) is 0 Å². The lowest BCUT2D eigenvalue weighted by molar-refractivity contribution is 0.0822. The van der Waals surface area contributed by atoms with Crippen LogP contribution in [0.25, 0.3) is 0 Å². The van der Waals surface area contributed by atoms with Gasteiger partial charge in [-0.15, -0.1) is 0 Å². The predicted octanol–water partition coefficient (Wildman–Crippen LogP) is 2.36. The van der Waals surface area contributed by atoms with E-state index in [9.17, 15) is 4.79 Å². The molecule has 0 aromatic carbocycles. The summed E-state index contributed by atoms with van der Waals surface area (Å²) in [5.41, 5.74) is 4.85. The summed E-state index contributed by atoms with van der Waals surface area (Å²) in [5.74, 6) is 0.413. The highest BCUT2D eigenvalue weighted by molar-refractivity contribution is 9.10. The highest BCUT2D eigenvalue weighted by Gasteiger charge is 2.09. The molecule has 1 rings (SSSR count). The van der Waals surface area contributed by atoms with Crippen LogP contribution in [0.5, 0.6) is 5.75 Å². The minimum absolute atomic E-state index is 0.154. The monoisotopic (exact) mass is 308 g/mol. The number of nitrogens with two attached hydrogens (primary N) is 1. The summed E-state index contributed by atoms with van der Waals surface area (Å²) in [6.07, 6.45) is 0.264. The van der Waals surface area contributed by atoms with Gasteiger partial charge in [0.2, 0.25) is 0 Å². The van der Waals surface area contributed by atoms with Crippen molar-refractivity contribution in [3.63, 3.8) is 0 Å². The molecular formula is C9H10BrClN2O3. The van der Waals surface area contributed by atoms with Crippen LogP contribution in [-0.4, -0.2) is 23.8 Å². The Kier molecular flexibility index (Phi) is 4.82. The predicted molar refractivity (Wildman–Crippen MR) is 62.6 cm³/mol. The van der Waals surface area contributed by atoms with E-state index in [0.29, 0.717) is 5.75 Å². The third kappa shape index (κ3) is 4.24. The van der Waals surface area contributed by atoms with Crippen LogP contribution in [0.2, 0.25) is 5.15 Å². The number of rotatable bonds is 4. The zero-order chi connectivity index (χ0) is 12.1. The van der Waals surface area contributed by atoms with Gasteiger partial charge < -0.3 is 15.2 Å². The molecule has 0 bridgehead atoms. The van der Waals surface area contributed by atoms with E-state index in [1.807, 2.05) is 0 Å². The van der Waals surface area contributed by atoms with Crippen LogP contribution in [0.1, 0.15) is 6.92 Å². The third-order valence-electron chi connectivity index (χ3n) is 1.56. The quantitative estimate of drug-likeness (QED) is 0.866. The Bertz CT molecular complexity index is 389. The van der Waals surface area contributed by atoms with Gasteiger partial charge in [-0.3, -0.25) is 0 Å². The topological polar surface area (TPSA) is 74.4 Å². The van der Waals surface area contributed by atoms with Crippen molar-refractivity contribution in [2.45, 2.75) is 13.0 Å². The molecule has 1 amide bonds. The van der Waals surface area contributed by atoms with Crippen LogP contribution in [0, 0.1) is 0 Å². The van der Waals surface area contributed by atoms with E-state index in [4.69, 9.17) is 22.1 Å². The first-order valence-corrected chi connectivity index (χ1v) is 5.56. The number of carbonyl (C=O) groups excluding carboxylic acids is 1. The summed E-state index contributed by atoms with van der Waals surface area (Å²) in [7, 11) is 0. The molecule has 0 fully saturated rings. The van der Waals surface area contributed by atoms with E-state index < -0.39 is 12.2 Å². The molecule has 5 nitrogen and oxygen atoms in total. The molecule has 88 valence electrons. The molecule has 0 aliphatic heterocycles. The Balaban J connectivity index is 2.54. The highest BCUT2D eigenvalue weighted by atomic mass is 79.9. The fourth-order valence-corrected chi connectivity index (χ4v) is 1.41. The van der Waals surface area contributed by atoms with E-state index in [-0.39, 0.29) is 11.8 Å². The standard InChI is InChI=1S/C9H10BrClN2O3/c1-5(16-9(12)14)4-15-7-2-6(10)3-13-8(7)11/h2-3,5H,4H2,1H3,(H2,12,14). The molecule has 16 heavy (non-hydrogen) atoms. The van der Waals surface area contributed by atoms with Crippen molar-refractivity contribution in [3.05, 3.63) is 21.9 Å². The second-order valence-corrected chi connectivity index (χ2v) is 4.27. The van der Waals surface area contributed by atoms with Crippen molar-refractivity contribution in [2.75, 3.05) is 6.61 Å². The first kappa shape index (κ1) is 13.1. The summed E-state index contributed by atoms with van der Waals surface area (Å²) in [4.78, 5) is 14.3. The van der Waals surface area contributed by atoms with Crippen molar-refractivity contribution in [2.24, 2.45) is 5.73 Å². The van der Waals surface area contributed by atoms with Crippen molar-refractivity contribution in [3.8, 4) is 5.75 Å². The maximum absolute atomic E-state index is 10.4. The molecule has 1 aromatic rings.